The molecule has 0 saturated carbocycles. The second-order valence-electron chi connectivity index (χ2n) is 10.2. The van der Waals surface area contributed by atoms with Crippen molar-refractivity contribution in [3.05, 3.63) is 104 Å². The highest BCUT2D eigenvalue weighted by molar-refractivity contribution is 9.10. The molecular formula is C30H35BrN4O6S. The van der Waals surface area contributed by atoms with E-state index in [9.17, 15) is 28.1 Å². The van der Waals surface area contributed by atoms with Gasteiger partial charge >= 0.3 is 0 Å². The van der Waals surface area contributed by atoms with Gasteiger partial charge in [-0.3, -0.25) is 24.0 Å². The minimum absolute atomic E-state index is 0.0196. The Bertz CT molecular complexity index is 1530. The van der Waals surface area contributed by atoms with Crippen molar-refractivity contribution in [1.29, 1.82) is 0 Å². The Balaban J connectivity index is 2.11. The normalized spacial score (nSPS) is 12.7. The third-order valence-electron chi connectivity index (χ3n) is 6.87. The summed E-state index contributed by atoms with van der Waals surface area (Å²) in [6, 6.07) is 19.3. The fourth-order valence-electron chi connectivity index (χ4n) is 4.40. The minimum Gasteiger partial charge on any atom is -0.352 e. The summed E-state index contributed by atoms with van der Waals surface area (Å²) < 4.78 is 27.6. The van der Waals surface area contributed by atoms with Crippen LogP contribution in [0.4, 0.5) is 11.4 Å². The first kappa shape index (κ1) is 32.7. The maximum Gasteiger partial charge on any atom is 0.271 e. The molecule has 0 bridgehead atoms. The molecule has 1 N–H and O–H groups in total. The highest BCUT2D eigenvalue weighted by atomic mass is 79.9. The molecule has 224 valence electrons. The van der Waals surface area contributed by atoms with Gasteiger partial charge in [-0.25, -0.2) is 8.42 Å². The minimum atomic E-state index is -4.06. The lowest BCUT2D eigenvalue weighted by Crippen LogP contribution is -2.54. The monoisotopic (exact) mass is 658 g/mol. The van der Waals surface area contributed by atoms with Crippen molar-refractivity contribution in [3.8, 4) is 0 Å². The van der Waals surface area contributed by atoms with Crippen LogP contribution in [0.1, 0.15) is 37.0 Å². The van der Waals surface area contributed by atoms with Crippen LogP contribution in [-0.2, 0) is 32.6 Å². The molecule has 0 aliphatic rings. The Morgan fingerprint density at radius 3 is 2.29 bits per heavy atom. The van der Waals surface area contributed by atoms with E-state index in [0.717, 1.165) is 32.2 Å². The first-order valence-corrected chi connectivity index (χ1v) is 16.0. The number of halogens is 1. The predicted octanol–water partition coefficient (Wildman–Crippen LogP) is 4.99. The molecule has 0 aromatic heterocycles. The van der Waals surface area contributed by atoms with Crippen LogP contribution in [0.3, 0.4) is 0 Å². The van der Waals surface area contributed by atoms with E-state index in [2.05, 4.69) is 21.2 Å². The SMILES string of the molecule is CC[C@H](C)NC(=O)[C@H](Cc1ccccc1)N(Cc1cccc(Br)c1)C(=O)CN(c1cc([N+](=O)[O-])ccc1C)S(C)(=O)=O. The molecule has 0 spiro atoms. The van der Waals surface area contributed by atoms with Gasteiger partial charge in [0, 0.05) is 35.6 Å². The number of carbonyl (C=O) groups excluding carboxylic acids is 2. The van der Waals surface area contributed by atoms with Gasteiger partial charge in [0.1, 0.15) is 12.6 Å². The Hall–Kier alpha value is -3.77. The first-order valence-electron chi connectivity index (χ1n) is 13.4. The number of nitrogens with zero attached hydrogens (tertiary/aromatic N) is 3. The first-order chi connectivity index (χ1) is 19.8. The molecule has 42 heavy (non-hydrogen) atoms. The molecule has 2 atom stereocenters. The predicted molar refractivity (Wildman–Crippen MR) is 167 cm³/mol. The third-order valence-corrected chi connectivity index (χ3v) is 8.49. The van der Waals surface area contributed by atoms with Crippen molar-refractivity contribution in [2.24, 2.45) is 0 Å². The Kier molecular flexibility index (Phi) is 11.2. The van der Waals surface area contributed by atoms with E-state index in [4.69, 9.17) is 0 Å². The number of aryl methyl sites for hydroxylation is 1. The number of rotatable bonds is 13. The number of hydrogen-bond acceptors (Lipinski definition) is 6. The van der Waals surface area contributed by atoms with Crippen molar-refractivity contribution in [2.45, 2.75) is 52.2 Å². The van der Waals surface area contributed by atoms with E-state index in [-0.39, 0.29) is 36.3 Å². The molecule has 0 heterocycles. The summed E-state index contributed by atoms with van der Waals surface area (Å²) in [5, 5.41) is 14.4. The zero-order chi connectivity index (χ0) is 31.0. The zero-order valence-electron chi connectivity index (χ0n) is 24.0. The number of anilines is 1. The topological polar surface area (TPSA) is 130 Å². The number of non-ortho nitro benzene ring substituents is 1. The van der Waals surface area contributed by atoms with Crippen molar-refractivity contribution in [3.63, 3.8) is 0 Å². The largest absolute Gasteiger partial charge is 0.352 e. The number of carbonyl (C=O) groups is 2. The fourth-order valence-corrected chi connectivity index (χ4v) is 5.75. The summed E-state index contributed by atoms with van der Waals surface area (Å²) in [5.41, 5.74) is 1.70. The molecule has 0 aliphatic heterocycles. The maximum atomic E-state index is 14.2. The lowest BCUT2D eigenvalue weighted by atomic mass is 10.0. The van der Waals surface area contributed by atoms with Gasteiger partial charge in [0.2, 0.25) is 21.8 Å². The average Bonchev–Trinajstić information content (AvgIpc) is 2.93. The number of amides is 2. The van der Waals surface area contributed by atoms with Crippen LogP contribution < -0.4 is 9.62 Å². The number of hydrogen-bond donors (Lipinski definition) is 1. The summed E-state index contributed by atoms with van der Waals surface area (Å²) in [6.45, 7) is 4.78. The number of benzene rings is 3. The van der Waals surface area contributed by atoms with E-state index in [1.807, 2.05) is 68.4 Å². The molecule has 10 nitrogen and oxygen atoms in total. The van der Waals surface area contributed by atoms with Gasteiger partial charge < -0.3 is 10.2 Å². The summed E-state index contributed by atoms with van der Waals surface area (Å²) in [4.78, 5) is 40.1. The number of nitro benzene ring substituents is 1. The lowest BCUT2D eigenvalue weighted by Gasteiger charge is -2.34. The molecule has 0 saturated heterocycles. The highest BCUT2D eigenvalue weighted by Crippen LogP contribution is 2.28. The molecular weight excluding hydrogens is 624 g/mol. The molecule has 3 aromatic rings. The van der Waals surface area contributed by atoms with Crippen LogP contribution in [0.25, 0.3) is 0 Å². The van der Waals surface area contributed by atoms with Crippen LogP contribution in [0, 0.1) is 17.0 Å². The van der Waals surface area contributed by atoms with Gasteiger partial charge in [-0.2, -0.15) is 0 Å². The summed E-state index contributed by atoms with van der Waals surface area (Å²) in [6.07, 6.45) is 1.81. The summed E-state index contributed by atoms with van der Waals surface area (Å²) in [5.74, 6) is -1.000. The van der Waals surface area contributed by atoms with Crippen LogP contribution in [0.2, 0.25) is 0 Å². The van der Waals surface area contributed by atoms with Crippen LogP contribution >= 0.6 is 15.9 Å². The lowest BCUT2D eigenvalue weighted by molar-refractivity contribution is -0.384. The molecule has 0 radical (unpaired) electrons. The zero-order valence-corrected chi connectivity index (χ0v) is 26.4. The summed E-state index contributed by atoms with van der Waals surface area (Å²) >= 11 is 3.45. The third kappa shape index (κ3) is 8.86. The average molecular weight is 660 g/mol. The van der Waals surface area contributed by atoms with Crippen molar-refractivity contribution in [1.82, 2.24) is 10.2 Å². The van der Waals surface area contributed by atoms with Gasteiger partial charge in [0.15, 0.2) is 0 Å². The molecule has 3 rings (SSSR count). The van der Waals surface area contributed by atoms with Gasteiger partial charge in [0.25, 0.3) is 5.69 Å². The van der Waals surface area contributed by atoms with Crippen LogP contribution in [-0.4, -0.2) is 54.9 Å². The Morgan fingerprint density at radius 1 is 1.02 bits per heavy atom. The molecule has 0 unspecified atom stereocenters. The quantitative estimate of drug-likeness (QED) is 0.204. The second-order valence-corrected chi connectivity index (χ2v) is 13.0. The number of nitrogens with one attached hydrogen (secondary N) is 1. The van der Waals surface area contributed by atoms with E-state index in [1.54, 1.807) is 6.92 Å². The highest BCUT2D eigenvalue weighted by Gasteiger charge is 2.34. The molecule has 0 fully saturated rings. The molecule has 12 heteroatoms. The Labute approximate surface area is 255 Å². The fraction of sp³-hybridized carbons (Fsp3) is 0.333. The van der Waals surface area contributed by atoms with Crippen LogP contribution in [0.5, 0.6) is 0 Å². The van der Waals surface area contributed by atoms with Crippen LogP contribution in [0.15, 0.2) is 77.3 Å². The standard InChI is InChI=1S/C30H35BrN4O6S/c1-5-22(3)32-30(37)28(17-23-10-7-6-8-11-23)33(19-24-12-9-13-25(31)16-24)29(36)20-34(42(4,40)41)27-18-26(35(38)39)15-14-21(27)2/h6-16,18,22,28H,5,17,19-20H2,1-4H3,(H,32,37)/t22-,28-/m0/s1. The number of sulfonamides is 1. The molecule has 0 aliphatic carbocycles. The van der Waals surface area contributed by atoms with Gasteiger partial charge in [-0.1, -0.05) is 71.4 Å². The van der Waals surface area contributed by atoms with E-state index in [0.29, 0.717) is 12.0 Å². The van der Waals surface area contributed by atoms with Gasteiger partial charge in [-0.15, -0.1) is 0 Å². The van der Waals surface area contributed by atoms with Gasteiger partial charge in [0.05, 0.1) is 16.9 Å². The van der Waals surface area contributed by atoms with E-state index < -0.39 is 33.4 Å². The van der Waals surface area contributed by atoms with Crippen molar-refractivity contribution in [2.75, 3.05) is 17.1 Å². The molecule has 2 amide bonds. The van der Waals surface area contributed by atoms with Crippen molar-refractivity contribution >= 4 is 49.1 Å². The maximum absolute atomic E-state index is 14.2. The Morgan fingerprint density at radius 2 is 1.69 bits per heavy atom. The second kappa shape index (κ2) is 14.4. The smallest absolute Gasteiger partial charge is 0.271 e. The van der Waals surface area contributed by atoms with E-state index >= 15 is 0 Å². The molecule has 3 aromatic carbocycles. The van der Waals surface area contributed by atoms with Crippen molar-refractivity contribution < 1.29 is 22.9 Å². The number of nitro groups is 1. The summed E-state index contributed by atoms with van der Waals surface area (Å²) in [7, 11) is -4.06. The van der Waals surface area contributed by atoms with E-state index in [1.165, 1.54) is 17.0 Å². The van der Waals surface area contributed by atoms with Gasteiger partial charge in [-0.05, 0) is 49.1 Å².